The molecule has 2 aliphatic rings. The molecule has 2 amide bonds. The summed E-state index contributed by atoms with van der Waals surface area (Å²) in [7, 11) is 0. The third-order valence-electron chi connectivity index (χ3n) is 2.91. The number of fused-ring (bicyclic) bond motifs is 4. The lowest BCUT2D eigenvalue weighted by Crippen LogP contribution is -2.62. The number of carbonyl (C=O) groups is 1. The molecule has 2 bridgehead atoms. The highest BCUT2D eigenvalue weighted by Crippen LogP contribution is 2.39. The van der Waals surface area contributed by atoms with Crippen molar-refractivity contribution in [1.29, 1.82) is 0 Å². The maximum atomic E-state index is 11.4. The number of rotatable bonds is 0. The molecule has 0 aliphatic carbocycles. The normalized spacial score (nSPS) is 32.1. The van der Waals surface area contributed by atoms with Crippen LogP contribution in [-0.2, 0) is 0 Å². The van der Waals surface area contributed by atoms with Crippen molar-refractivity contribution in [3.05, 3.63) is 29.8 Å². The molecule has 0 aromatic heterocycles. The molecule has 0 saturated carbocycles. The Morgan fingerprint density at radius 2 is 2.27 bits per heavy atom. The first-order valence-electron chi connectivity index (χ1n) is 5.03. The Morgan fingerprint density at radius 1 is 1.47 bits per heavy atom. The van der Waals surface area contributed by atoms with Crippen LogP contribution in [0, 0.1) is 0 Å². The first-order chi connectivity index (χ1) is 7.16. The third kappa shape index (κ3) is 1.25. The molecule has 1 saturated heterocycles. The Hall–Kier alpha value is -1.71. The molecular formula is C11H12N2O2. The molecule has 78 valence electrons. The van der Waals surface area contributed by atoms with Gasteiger partial charge in [0, 0.05) is 12.0 Å². The van der Waals surface area contributed by atoms with Gasteiger partial charge in [0.25, 0.3) is 0 Å². The number of ether oxygens (including phenoxy) is 1. The van der Waals surface area contributed by atoms with Gasteiger partial charge in [-0.25, -0.2) is 4.79 Å². The zero-order valence-electron chi connectivity index (χ0n) is 8.41. The van der Waals surface area contributed by atoms with E-state index in [1.807, 2.05) is 31.2 Å². The molecule has 15 heavy (non-hydrogen) atoms. The van der Waals surface area contributed by atoms with E-state index in [0.717, 1.165) is 17.7 Å². The lowest BCUT2D eigenvalue weighted by Gasteiger charge is -2.44. The first kappa shape index (κ1) is 8.59. The first-order valence-corrected chi connectivity index (χ1v) is 5.03. The van der Waals surface area contributed by atoms with Gasteiger partial charge in [-0.1, -0.05) is 18.2 Å². The maximum absolute atomic E-state index is 11.4. The lowest BCUT2D eigenvalue weighted by molar-refractivity contribution is 0.0119. The van der Waals surface area contributed by atoms with Crippen LogP contribution in [0.2, 0.25) is 0 Å². The van der Waals surface area contributed by atoms with Gasteiger partial charge in [-0.3, -0.25) is 0 Å². The van der Waals surface area contributed by atoms with Crippen molar-refractivity contribution in [2.45, 2.75) is 25.1 Å². The van der Waals surface area contributed by atoms with Crippen LogP contribution >= 0.6 is 0 Å². The van der Waals surface area contributed by atoms with Crippen molar-refractivity contribution in [2.24, 2.45) is 0 Å². The zero-order valence-corrected chi connectivity index (χ0v) is 8.41. The monoisotopic (exact) mass is 204 g/mol. The molecule has 0 spiro atoms. The van der Waals surface area contributed by atoms with E-state index >= 15 is 0 Å². The van der Waals surface area contributed by atoms with E-state index in [2.05, 4.69) is 10.6 Å². The SMILES string of the molecule is CC12CC(NC(=O)N1)c1ccccc1O2. The Labute approximate surface area is 87.6 Å². The standard InChI is InChI=1S/C11H12N2O2/c1-11-6-8(12-10(14)13-11)7-4-2-3-5-9(7)15-11/h2-5,8H,6H2,1H3,(H2,12,13,14). The van der Waals surface area contributed by atoms with E-state index in [-0.39, 0.29) is 12.1 Å². The number of nitrogens with one attached hydrogen (secondary N) is 2. The molecule has 1 aromatic rings. The molecule has 2 atom stereocenters. The van der Waals surface area contributed by atoms with Crippen molar-refractivity contribution >= 4 is 6.03 Å². The summed E-state index contributed by atoms with van der Waals surface area (Å²) in [6, 6.07) is 7.71. The molecule has 4 heteroatoms. The highest BCUT2D eigenvalue weighted by Gasteiger charge is 2.42. The minimum Gasteiger partial charge on any atom is -0.468 e. The van der Waals surface area contributed by atoms with Crippen LogP contribution in [-0.4, -0.2) is 11.8 Å². The van der Waals surface area contributed by atoms with Crippen molar-refractivity contribution in [1.82, 2.24) is 10.6 Å². The molecule has 2 unspecified atom stereocenters. The second-order valence-corrected chi connectivity index (χ2v) is 4.23. The molecule has 2 heterocycles. The van der Waals surface area contributed by atoms with E-state index < -0.39 is 5.72 Å². The van der Waals surface area contributed by atoms with Crippen molar-refractivity contribution in [2.75, 3.05) is 0 Å². The van der Waals surface area contributed by atoms with E-state index in [9.17, 15) is 4.79 Å². The van der Waals surface area contributed by atoms with Crippen LogP contribution in [0.4, 0.5) is 4.79 Å². The Bertz CT molecular complexity index is 432. The number of para-hydroxylation sites is 1. The van der Waals surface area contributed by atoms with Gasteiger partial charge < -0.3 is 15.4 Å². The van der Waals surface area contributed by atoms with Gasteiger partial charge >= 0.3 is 6.03 Å². The molecule has 1 aromatic carbocycles. The number of carbonyl (C=O) groups excluding carboxylic acids is 1. The molecule has 0 radical (unpaired) electrons. The molecular weight excluding hydrogens is 192 g/mol. The topological polar surface area (TPSA) is 50.4 Å². The minimum absolute atomic E-state index is 0.0636. The number of hydrogen-bond acceptors (Lipinski definition) is 2. The average molecular weight is 204 g/mol. The highest BCUT2D eigenvalue weighted by atomic mass is 16.5. The van der Waals surface area contributed by atoms with Gasteiger partial charge in [0.2, 0.25) is 0 Å². The Balaban J connectivity index is 2.10. The highest BCUT2D eigenvalue weighted by molar-refractivity contribution is 5.77. The summed E-state index contributed by atoms with van der Waals surface area (Å²) in [5.41, 5.74) is 0.492. The summed E-state index contributed by atoms with van der Waals surface area (Å²) in [6.45, 7) is 1.90. The van der Waals surface area contributed by atoms with E-state index in [0.29, 0.717) is 0 Å². The maximum Gasteiger partial charge on any atom is 0.318 e. The fourth-order valence-electron chi connectivity index (χ4n) is 2.29. The van der Waals surface area contributed by atoms with E-state index in [1.54, 1.807) is 0 Å². The molecule has 2 aliphatic heterocycles. The summed E-state index contributed by atoms with van der Waals surface area (Å²) < 4.78 is 5.79. The van der Waals surface area contributed by atoms with Crippen LogP contribution < -0.4 is 15.4 Å². The lowest BCUT2D eigenvalue weighted by atomic mass is 9.92. The van der Waals surface area contributed by atoms with Gasteiger partial charge in [0.15, 0.2) is 5.72 Å². The van der Waals surface area contributed by atoms with Gasteiger partial charge in [0.1, 0.15) is 5.75 Å². The number of urea groups is 1. The van der Waals surface area contributed by atoms with Crippen LogP contribution in [0.5, 0.6) is 5.75 Å². The van der Waals surface area contributed by atoms with E-state index in [4.69, 9.17) is 4.74 Å². The summed E-state index contributed by atoms with van der Waals surface area (Å²) in [5, 5.41) is 5.69. The minimum atomic E-state index is -0.568. The third-order valence-corrected chi connectivity index (χ3v) is 2.91. The molecule has 4 nitrogen and oxygen atoms in total. The average Bonchev–Trinajstić information content (AvgIpc) is 2.15. The van der Waals surface area contributed by atoms with Crippen molar-refractivity contribution in [3.63, 3.8) is 0 Å². The van der Waals surface area contributed by atoms with Gasteiger partial charge in [0.05, 0.1) is 6.04 Å². The van der Waals surface area contributed by atoms with E-state index in [1.165, 1.54) is 0 Å². The fraction of sp³-hybridized carbons (Fsp3) is 0.364. The number of hydrogen-bond donors (Lipinski definition) is 2. The van der Waals surface area contributed by atoms with Crippen LogP contribution in [0.1, 0.15) is 24.9 Å². The summed E-state index contributed by atoms with van der Waals surface area (Å²) >= 11 is 0. The summed E-state index contributed by atoms with van der Waals surface area (Å²) in [5.74, 6) is 0.851. The Kier molecular flexibility index (Phi) is 1.52. The summed E-state index contributed by atoms with van der Waals surface area (Å²) in [4.78, 5) is 11.4. The molecule has 3 rings (SSSR count). The largest absolute Gasteiger partial charge is 0.468 e. The second-order valence-electron chi connectivity index (χ2n) is 4.23. The molecule has 1 fully saturated rings. The zero-order chi connectivity index (χ0) is 10.5. The van der Waals surface area contributed by atoms with Crippen LogP contribution in [0.15, 0.2) is 24.3 Å². The van der Waals surface area contributed by atoms with Gasteiger partial charge in [-0.05, 0) is 13.0 Å². The predicted molar refractivity (Wildman–Crippen MR) is 54.5 cm³/mol. The van der Waals surface area contributed by atoms with Crippen LogP contribution in [0.25, 0.3) is 0 Å². The molecule has 2 N–H and O–H groups in total. The number of benzene rings is 1. The quantitative estimate of drug-likeness (QED) is 0.673. The smallest absolute Gasteiger partial charge is 0.318 e. The van der Waals surface area contributed by atoms with Crippen LogP contribution in [0.3, 0.4) is 0 Å². The predicted octanol–water partition coefficient (Wildman–Crippen LogP) is 1.54. The Morgan fingerprint density at radius 3 is 3.13 bits per heavy atom. The van der Waals surface area contributed by atoms with Crippen molar-refractivity contribution < 1.29 is 9.53 Å². The van der Waals surface area contributed by atoms with Gasteiger partial charge in [-0.2, -0.15) is 0 Å². The van der Waals surface area contributed by atoms with Crippen molar-refractivity contribution in [3.8, 4) is 5.75 Å². The van der Waals surface area contributed by atoms with Gasteiger partial charge in [-0.15, -0.1) is 0 Å². The fourth-order valence-corrected chi connectivity index (χ4v) is 2.29. The summed E-state index contributed by atoms with van der Waals surface area (Å²) in [6.07, 6.45) is 0.760. The number of amides is 2. The second kappa shape index (κ2) is 2.66.